The first-order valence-corrected chi connectivity index (χ1v) is 7.62. The summed E-state index contributed by atoms with van der Waals surface area (Å²) in [5, 5.41) is 0. The predicted octanol–water partition coefficient (Wildman–Crippen LogP) is 1.48. The van der Waals surface area contributed by atoms with E-state index in [0.29, 0.717) is 0 Å². The fraction of sp³-hybridized carbons (Fsp3) is 0.0714. The van der Waals surface area contributed by atoms with Gasteiger partial charge in [0.2, 0.25) is 5.91 Å². The Morgan fingerprint density at radius 2 is 1.81 bits per heavy atom. The Hall–Kier alpha value is -2.41. The van der Waals surface area contributed by atoms with Gasteiger partial charge >= 0.3 is 0 Å². The highest BCUT2D eigenvalue weighted by molar-refractivity contribution is 7.90. The van der Waals surface area contributed by atoms with Crippen molar-refractivity contribution in [2.24, 2.45) is 5.73 Å². The molecule has 0 saturated carbocycles. The van der Waals surface area contributed by atoms with E-state index in [1.165, 1.54) is 18.2 Å². The standard InChI is InChI=1S/C14H13FN2O3S/c15-12-7-10(16)5-6-13(12)21(19,20)8-9-3-1-2-4-11(9)14(17)18/h1-7H,8,16H2,(H2,17,18). The van der Waals surface area contributed by atoms with Crippen LogP contribution in [-0.2, 0) is 15.6 Å². The molecule has 21 heavy (non-hydrogen) atoms. The molecule has 2 aromatic rings. The molecule has 110 valence electrons. The Balaban J connectivity index is 2.45. The third kappa shape index (κ3) is 3.19. The van der Waals surface area contributed by atoms with Gasteiger partial charge in [-0.15, -0.1) is 0 Å². The summed E-state index contributed by atoms with van der Waals surface area (Å²) >= 11 is 0. The molecule has 0 radical (unpaired) electrons. The van der Waals surface area contributed by atoms with Gasteiger partial charge in [-0.2, -0.15) is 0 Å². The van der Waals surface area contributed by atoms with Crippen LogP contribution in [0.4, 0.5) is 10.1 Å². The van der Waals surface area contributed by atoms with E-state index in [4.69, 9.17) is 11.5 Å². The van der Waals surface area contributed by atoms with Crippen LogP contribution in [0.5, 0.6) is 0 Å². The van der Waals surface area contributed by atoms with Gasteiger partial charge in [-0.1, -0.05) is 18.2 Å². The average molecular weight is 308 g/mol. The van der Waals surface area contributed by atoms with Crippen molar-refractivity contribution >= 4 is 21.4 Å². The van der Waals surface area contributed by atoms with Gasteiger partial charge in [0, 0.05) is 11.3 Å². The number of hydrogen-bond donors (Lipinski definition) is 2. The van der Waals surface area contributed by atoms with Gasteiger partial charge in [0.25, 0.3) is 0 Å². The molecule has 0 heterocycles. The summed E-state index contributed by atoms with van der Waals surface area (Å²) in [6.07, 6.45) is 0. The Bertz CT molecular complexity index is 804. The first-order valence-electron chi connectivity index (χ1n) is 5.97. The largest absolute Gasteiger partial charge is 0.399 e. The van der Waals surface area contributed by atoms with Crippen LogP contribution in [-0.4, -0.2) is 14.3 Å². The average Bonchev–Trinajstić information content (AvgIpc) is 2.37. The molecule has 0 unspecified atom stereocenters. The number of hydrogen-bond acceptors (Lipinski definition) is 4. The smallest absolute Gasteiger partial charge is 0.249 e. The van der Waals surface area contributed by atoms with Crippen LogP contribution in [0.1, 0.15) is 15.9 Å². The molecular weight excluding hydrogens is 295 g/mol. The fourth-order valence-corrected chi connectivity index (χ4v) is 3.39. The zero-order valence-electron chi connectivity index (χ0n) is 10.9. The SMILES string of the molecule is NC(=O)c1ccccc1CS(=O)(=O)c1ccc(N)cc1F. The Labute approximate surface area is 121 Å². The van der Waals surface area contributed by atoms with Crippen molar-refractivity contribution in [3.05, 3.63) is 59.4 Å². The molecule has 2 aromatic carbocycles. The number of nitrogens with two attached hydrogens (primary N) is 2. The zero-order chi connectivity index (χ0) is 15.6. The summed E-state index contributed by atoms with van der Waals surface area (Å²) in [5.41, 5.74) is 11.0. The number of rotatable bonds is 4. The van der Waals surface area contributed by atoms with E-state index in [1.807, 2.05) is 0 Å². The predicted molar refractivity (Wildman–Crippen MR) is 76.7 cm³/mol. The maximum Gasteiger partial charge on any atom is 0.249 e. The third-order valence-corrected chi connectivity index (χ3v) is 4.61. The van der Waals surface area contributed by atoms with Crippen molar-refractivity contribution in [2.75, 3.05) is 5.73 Å². The summed E-state index contributed by atoms with van der Waals surface area (Å²) in [5.74, 6) is -2.18. The van der Waals surface area contributed by atoms with Crippen molar-refractivity contribution in [2.45, 2.75) is 10.6 Å². The quantitative estimate of drug-likeness (QED) is 0.835. The maximum atomic E-state index is 13.8. The van der Waals surface area contributed by atoms with E-state index in [2.05, 4.69) is 0 Å². The Kier molecular flexibility index (Phi) is 3.95. The van der Waals surface area contributed by atoms with Crippen LogP contribution < -0.4 is 11.5 Å². The summed E-state index contributed by atoms with van der Waals surface area (Å²) in [4.78, 5) is 10.8. The highest BCUT2D eigenvalue weighted by Crippen LogP contribution is 2.22. The number of carbonyl (C=O) groups excluding carboxylic acids is 1. The van der Waals surface area contributed by atoms with E-state index in [-0.39, 0.29) is 16.8 Å². The molecule has 0 saturated heterocycles. The van der Waals surface area contributed by atoms with Gasteiger partial charge in [-0.05, 0) is 29.8 Å². The lowest BCUT2D eigenvalue weighted by atomic mass is 10.1. The molecule has 0 aliphatic heterocycles. The molecule has 0 aromatic heterocycles. The summed E-state index contributed by atoms with van der Waals surface area (Å²) < 4.78 is 38.3. The van der Waals surface area contributed by atoms with Crippen molar-refractivity contribution in [3.63, 3.8) is 0 Å². The molecule has 4 N–H and O–H groups in total. The second-order valence-electron chi connectivity index (χ2n) is 4.47. The van der Waals surface area contributed by atoms with Crippen molar-refractivity contribution in [1.82, 2.24) is 0 Å². The molecule has 0 spiro atoms. The Morgan fingerprint density at radius 3 is 2.43 bits per heavy atom. The van der Waals surface area contributed by atoms with Crippen molar-refractivity contribution in [3.8, 4) is 0 Å². The van der Waals surface area contributed by atoms with Crippen LogP contribution >= 0.6 is 0 Å². The molecular formula is C14H13FN2O3S. The second kappa shape index (κ2) is 5.53. The minimum Gasteiger partial charge on any atom is -0.399 e. The molecule has 0 fully saturated rings. The van der Waals surface area contributed by atoms with Crippen LogP contribution in [0.2, 0.25) is 0 Å². The third-order valence-electron chi connectivity index (χ3n) is 2.92. The first kappa shape index (κ1) is 15.0. The number of primary amides is 1. The molecule has 0 aliphatic carbocycles. The number of halogens is 1. The van der Waals surface area contributed by atoms with E-state index >= 15 is 0 Å². The van der Waals surface area contributed by atoms with E-state index in [9.17, 15) is 17.6 Å². The van der Waals surface area contributed by atoms with Gasteiger partial charge in [0.1, 0.15) is 10.7 Å². The number of nitrogen functional groups attached to an aromatic ring is 1. The first-order chi connectivity index (χ1) is 9.81. The molecule has 0 bridgehead atoms. The number of benzene rings is 2. The zero-order valence-corrected chi connectivity index (χ0v) is 11.7. The van der Waals surface area contributed by atoms with E-state index in [1.54, 1.807) is 12.1 Å². The summed E-state index contributed by atoms with van der Waals surface area (Å²) in [6.45, 7) is 0. The second-order valence-corrected chi connectivity index (χ2v) is 6.43. The number of sulfone groups is 1. The van der Waals surface area contributed by atoms with Crippen LogP contribution in [0.25, 0.3) is 0 Å². The normalized spacial score (nSPS) is 11.3. The van der Waals surface area contributed by atoms with Crippen LogP contribution in [0.15, 0.2) is 47.4 Å². The number of anilines is 1. The molecule has 0 atom stereocenters. The molecule has 0 aliphatic rings. The topological polar surface area (TPSA) is 103 Å². The lowest BCUT2D eigenvalue weighted by Crippen LogP contribution is -2.16. The maximum absolute atomic E-state index is 13.8. The highest BCUT2D eigenvalue weighted by Gasteiger charge is 2.22. The monoisotopic (exact) mass is 308 g/mol. The van der Waals surface area contributed by atoms with Crippen molar-refractivity contribution < 1.29 is 17.6 Å². The van der Waals surface area contributed by atoms with E-state index in [0.717, 1.165) is 12.1 Å². The highest BCUT2D eigenvalue weighted by atomic mass is 32.2. The molecule has 7 heteroatoms. The Morgan fingerprint density at radius 1 is 1.14 bits per heavy atom. The van der Waals surface area contributed by atoms with Gasteiger partial charge in [-0.25, -0.2) is 12.8 Å². The lowest BCUT2D eigenvalue weighted by molar-refractivity contribution is 0.0999. The van der Waals surface area contributed by atoms with Crippen LogP contribution in [0, 0.1) is 5.82 Å². The number of carbonyl (C=O) groups is 1. The molecule has 2 rings (SSSR count). The number of amides is 1. The minimum atomic E-state index is -3.96. The summed E-state index contributed by atoms with van der Waals surface area (Å²) in [6, 6.07) is 9.38. The van der Waals surface area contributed by atoms with Gasteiger partial charge in [-0.3, -0.25) is 4.79 Å². The van der Waals surface area contributed by atoms with Gasteiger partial charge in [0.05, 0.1) is 5.75 Å². The minimum absolute atomic E-state index is 0.0944. The summed E-state index contributed by atoms with van der Waals surface area (Å²) in [7, 11) is -3.96. The van der Waals surface area contributed by atoms with Crippen molar-refractivity contribution in [1.29, 1.82) is 0 Å². The van der Waals surface area contributed by atoms with E-state index < -0.39 is 32.2 Å². The fourth-order valence-electron chi connectivity index (χ4n) is 1.94. The van der Waals surface area contributed by atoms with Gasteiger partial charge < -0.3 is 11.5 Å². The van der Waals surface area contributed by atoms with Crippen LogP contribution in [0.3, 0.4) is 0 Å². The van der Waals surface area contributed by atoms with Gasteiger partial charge in [0.15, 0.2) is 9.84 Å². The molecule has 1 amide bonds. The molecule has 5 nitrogen and oxygen atoms in total. The lowest BCUT2D eigenvalue weighted by Gasteiger charge is -2.09.